The Kier molecular flexibility index (Phi) is 18.1. The van der Waals surface area contributed by atoms with Crippen LogP contribution < -0.4 is 0 Å². The molecule has 2 nitrogen and oxygen atoms in total. The van der Waals surface area contributed by atoms with E-state index in [1.165, 1.54) is 123 Å². The second kappa shape index (κ2) is 18.5. The van der Waals surface area contributed by atoms with Gasteiger partial charge in [-0.15, -0.1) is 0 Å². The average molecular weight is 397 g/mol. The van der Waals surface area contributed by atoms with Crippen LogP contribution in [0.3, 0.4) is 0 Å². The van der Waals surface area contributed by atoms with Crippen molar-refractivity contribution in [2.45, 2.75) is 143 Å². The number of hydrogen-bond acceptors (Lipinski definition) is 2. The van der Waals surface area contributed by atoms with Crippen LogP contribution in [0.1, 0.15) is 143 Å². The largest absolute Gasteiger partial charge is 0.469 e. The molecule has 0 aliphatic heterocycles. The van der Waals surface area contributed by atoms with Gasteiger partial charge in [-0.1, -0.05) is 117 Å². The van der Waals surface area contributed by atoms with Crippen LogP contribution in [0, 0.1) is 11.3 Å². The van der Waals surface area contributed by atoms with Gasteiger partial charge in [0, 0.05) is 0 Å². The van der Waals surface area contributed by atoms with Crippen LogP contribution in [0.25, 0.3) is 0 Å². The third-order valence-corrected chi connectivity index (χ3v) is 6.54. The van der Waals surface area contributed by atoms with E-state index in [4.69, 9.17) is 4.74 Å². The lowest BCUT2D eigenvalue weighted by Crippen LogP contribution is -2.34. The summed E-state index contributed by atoms with van der Waals surface area (Å²) in [6.45, 7) is 8.74. The SMILES string of the molecule is CCCCCCCCCCC(CCCCCCCCCC)C(C)(C)C(=O)OC. The average Bonchev–Trinajstić information content (AvgIpc) is 2.69. The summed E-state index contributed by atoms with van der Waals surface area (Å²) in [7, 11) is 1.54. The van der Waals surface area contributed by atoms with Gasteiger partial charge in [0.05, 0.1) is 12.5 Å². The zero-order valence-electron chi connectivity index (χ0n) is 20.1. The molecule has 0 radical (unpaired) electrons. The fourth-order valence-corrected chi connectivity index (χ4v) is 4.34. The highest BCUT2D eigenvalue weighted by Crippen LogP contribution is 2.36. The molecule has 0 saturated carbocycles. The molecule has 0 unspecified atom stereocenters. The van der Waals surface area contributed by atoms with E-state index in [0.717, 1.165) is 0 Å². The maximum absolute atomic E-state index is 12.3. The number of hydrogen-bond donors (Lipinski definition) is 0. The first-order chi connectivity index (χ1) is 13.5. The molecule has 2 heteroatoms. The monoisotopic (exact) mass is 396 g/mol. The Hall–Kier alpha value is -0.530. The van der Waals surface area contributed by atoms with Gasteiger partial charge in [-0.2, -0.15) is 0 Å². The fraction of sp³-hybridized carbons (Fsp3) is 0.962. The lowest BCUT2D eigenvalue weighted by molar-refractivity contribution is -0.154. The summed E-state index contributed by atoms with van der Waals surface area (Å²) < 4.78 is 5.12. The van der Waals surface area contributed by atoms with Crippen molar-refractivity contribution in [2.24, 2.45) is 11.3 Å². The standard InChI is InChI=1S/C26H52O2/c1-6-8-10-12-14-16-18-20-22-24(26(3,4)25(27)28-5)23-21-19-17-15-13-11-9-7-2/h24H,6-23H2,1-5H3. The van der Waals surface area contributed by atoms with Gasteiger partial charge in [0.2, 0.25) is 0 Å². The topological polar surface area (TPSA) is 26.3 Å². The molecule has 0 amide bonds. The molecule has 0 bridgehead atoms. The summed E-state index contributed by atoms with van der Waals surface area (Å²) in [5.41, 5.74) is -0.350. The zero-order chi connectivity index (χ0) is 21.1. The van der Waals surface area contributed by atoms with Gasteiger partial charge in [0.1, 0.15) is 0 Å². The van der Waals surface area contributed by atoms with Crippen molar-refractivity contribution in [2.75, 3.05) is 7.11 Å². The number of methoxy groups -OCH3 is 1. The minimum atomic E-state index is -0.350. The minimum Gasteiger partial charge on any atom is -0.469 e. The summed E-state index contributed by atoms with van der Waals surface area (Å²) in [4.78, 5) is 12.3. The molecule has 0 spiro atoms. The van der Waals surface area contributed by atoms with Crippen LogP contribution in [-0.4, -0.2) is 13.1 Å². The highest BCUT2D eigenvalue weighted by atomic mass is 16.5. The molecule has 0 fully saturated rings. The van der Waals surface area contributed by atoms with Crippen molar-refractivity contribution in [3.8, 4) is 0 Å². The van der Waals surface area contributed by atoms with Gasteiger partial charge in [-0.3, -0.25) is 4.79 Å². The van der Waals surface area contributed by atoms with Crippen molar-refractivity contribution < 1.29 is 9.53 Å². The van der Waals surface area contributed by atoms with Crippen LogP contribution in [0.4, 0.5) is 0 Å². The van der Waals surface area contributed by atoms with E-state index >= 15 is 0 Å². The quantitative estimate of drug-likeness (QED) is 0.152. The Morgan fingerprint density at radius 1 is 0.643 bits per heavy atom. The number of carbonyl (C=O) groups excluding carboxylic acids is 1. The number of ether oxygens (including phenoxy) is 1. The highest BCUT2D eigenvalue weighted by molar-refractivity contribution is 5.76. The van der Waals surface area contributed by atoms with Crippen molar-refractivity contribution >= 4 is 5.97 Å². The van der Waals surface area contributed by atoms with Crippen molar-refractivity contribution in [3.05, 3.63) is 0 Å². The van der Waals surface area contributed by atoms with Crippen LogP contribution in [0.5, 0.6) is 0 Å². The number of carbonyl (C=O) groups is 1. The Morgan fingerprint density at radius 2 is 0.964 bits per heavy atom. The minimum absolute atomic E-state index is 0.0309. The van der Waals surface area contributed by atoms with Crippen molar-refractivity contribution in [1.29, 1.82) is 0 Å². The molecule has 0 heterocycles. The highest BCUT2D eigenvalue weighted by Gasteiger charge is 2.36. The molecule has 28 heavy (non-hydrogen) atoms. The maximum atomic E-state index is 12.3. The number of unbranched alkanes of at least 4 members (excludes halogenated alkanes) is 14. The first kappa shape index (κ1) is 27.5. The van der Waals surface area contributed by atoms with Crippen LogP contribution in [0.2, 0.25) is 0 Å². The summed E-state index contributed by atoms with van der Waals surface area (Å²) in [5, 5.41) is 0. The number of rotatable bonds is 20. The van der Waals surface area contributed by atoms with Gasteiger partial charge in [0.25, 0.3) is 0 Å². The summed E-state index contributed by atoms with van der Waals surface area (Å²) in [6.07, 6.45) is 24.0. The Labute approximate surface area is 177 Å². The molecule has 0 rings (SSSR count). The zero-order valence-corrected chi connectivity index (χ0v) is 20.1. The molecule has 0 atom stereocenters. The molecule has 0 aliphatic rings. The second-order valence-corrected chi connectivity index (χ2v) is 9.44. The molecule has 0 aromatic rings. The first-order valence-corrected chi connectivity index (χ1v) is 12.6. The smallest absolute Gasteiger partial charge is 0.311 e. The van der Waals surface area contributed by atoms with E-state index in [1.54, 1.807) is 0 Å². The second-order valence-electron chi connectivity index (χ2n) is 9.44. The van der Waals surface area contributed by atoms with Crippen LogP contribution >= 0.6 is 0 Å². The predicted molar refractivity (Wildman–Crippen MR) is 124 cm³/mol. The van der Waals surface area contributed by atoms with Gasteiger partial charge >= 0.3 is 5.97 Å². The number of esters is 1. The Balaban J connectivity index is 4.14. The molecular formula is C26H52O2. The molecular weight excluding hydrogens is 344 g/mol. The van der Waals surface area contributed by atoms with E-state index in [-0.39, 0.29) is 11.4 Å². The van der Waals surface area contributed by atoms with E-state index in [2.05, 4.69) is 27.7 Å². The van der Waals surface area contributed by atoms with E-state index in [9.17, 15) is 4.79 Å². The van der Waals surface area contributed by atoms with E-state index in [0.29, 0.717) is 5.92 Å². The maximum Gasteiger partial charge on any atom is 0.311 e. The summed E-state index contributed by atoms with van der Waals surface area (Å²) in [5.74, 6) is 0.428. The summed E-state index contributed by atoms with van der Waals surface area (Å²) >= 11 is 0. The molecule has 0 N–H and O–H groups in total. The van der Waals surface area contributed by atoms with Gasteiger partial charge in [-0.05, 0) is 32.6 Å². The van der Waals surface area contributed by atoms with Gasteiger partial charge < -0.3 is 4.74 Å². The molecule has 0 saturated heterocycles. The molecule has 0 aliphatic carbocycles. The third-order valence-electron chi connectivity index (χ3n) is 6.54. The van der Waals surface area contributed by atoms with Gasteiger partial charge in [-0.25, -0.2) is 0 Å². The fourth-order valence-electron chi connectivity index (χ4n) is 4.34. The third kappa shape index (κ3) is 13.6. The van der Waals surface area contributed by atoms with E-state index in [1.807, 2.05) is 0 Å². The normalized spacial score (nSPS) is 11.9. The van der Waals surface area contributed by atoms with Crippen molar-refractivity contribution in [3.63, 3.8) is 0 Å². The molecule has 168 valence electrons. The first-order valence-electron chi connectivity index (χ1n) is 12.6. The summed E-state index contributed by atoms with van der Waals surface area (Å²) in [6, 6.07) is 0. The Morgan fingerprint density at radius 3 is 1.29 bits per heavy atom. The van der Waals surface area contributed by atoms with Gasteiger partial charge in [0.15, 0.2) is 0 Å². The lowest BCUT2D eigenvalue weighted by atomic mass is 9.73. The Bertz CT molecular complexity index is 328. The predicted octanol–water partition coefficient (Wildman–Crippen LogP) is 8.86. The molecule has 0 aromatic carbocycles. The van der Waals surface area contributed by atoms with E-state index < -0.39 is 0 Å². The molecule has 0 aromatic heterocycles. The lowest BCUT2D eigenvalue weighted by Gasteiger charge is -2.32. The van der Waals surface area contributed by atoms with Crippen LogP contribution in [-0.2, 0) is 9.53 Å². The van der Waals surface area contributed by atoms with Crippen molar-refractivity contribution in [1.82, 2.24) is 0 Å². The van der Waals surface area contributed by atoms with Crippen LogP contribution in [0.15, 0.2) is 0 Å².